The van der Waals surface area contributed by atoms with E-state index in [1.54, 1.807) is 43.7 Å². The Morgan fingerprint density at radius 3 is 1.57 bits per heavy atom. The summed E-state index contributed by atoms with van der Waals surface area (Å²) in [7, 11) is 11.1. The van der Waals surface area contributed by atoms with Gasteiger partial charge in [0.05, 0.1) is 38.6 Å². The fraction of sp³-hybridized carbons (Fsp3) is 0.237. The van der Waals surface area contributed by atoms with Gasteiger partial charge in [-0.15, -0.1) is 0 Å². The Labute approximate surface area is 399 Å². The molecule has 0 aliphatic heterocycles. The normalized spacial score (nSPS) is 9.16. The quantitative estimate of drug-likeness (QED) is 0.0288. The van der Waals surface area contributed by atoms with Gasteiger partial charge in [0.1, 0.15) is 11.3 Å². The summed E-state index contributed by atoms with van der Waals surface area (Å²) in [6.07, 6.45) is 11.7. The van der Waals surface area contributed by atoms with Gasteiger partial charge in [0, 0.05) is 99.6 Å². The number of nitro groups is 2. The molecule has 0 aliphatic rings. The maximum atomic E-state index is 12.3. The number of nitrogens with zero attached hydrogens (tertiary/aromatic N) is 13. The first-order valence-electron chi connectivity index (χ1n) is 17.4. The van der Waals surface area contributed by atoms with Gasteiger partial charge in [-0.05, 0) is 48.0 Å². The largest absolute Gasteiger partial charge is 0.396 e. The van der Waals surface area contributed by atoms with Crippen LogP contribution in [0.4, 0.5) is 50.4 Å². The number of nitrogens with two attached hydrogens (primary N) is 1. The first-order valence-corrected chi connectivity index (χ1v) is 18.9. The van der Waals surface area contributed by atoms with Gasteiger partial charge < -0.3 is 33.2 Å². The Bertz CT molecular complexity index is 2270. The minimum atomic E-state index is -1.05. The van der Waals surface area contributed by atoms with Crippen molar-refractivity contribution in [3.8, 4) is 0 Å². The molecule has 6 rings (SSSR count). The van der Waals surface area contributed by atoms with Crippen molar-refractivity contribution in [3.05, 3.63) is 146 Å². The third-order valence-corrected chi connectivity index (χ3v) is 7.49. The van der Waals surface area contributed by atoms with Crippen molar-refractivity contribution >= 4 is 92.4 Å². The summed E-state index contributed by atoms with van der Waals surface area (Å²) < 4.78 is 12.3. The van der Waals surface area contributed by atoms with Crippen LogP contribution in [0, 0.1) is 33.6 Å². The van der Waals surface area contributed by atoms with Crippen LogP contribution in [-0.2, 0) is 20.4 Å². The summed E-state index contributed by atoms with van der Waals surface area (Å²) in [5.74, 6) is 1.54. The molecule has 0 spiro atoms. The van der Waals surface area contributed by atoms with Gasteiger partial charge in [0.2, 0.25) is 11.1 Å². The molecule has 0 radical (unpaired) electrons. The monoisotopic (exact) mass is 1040 g/mol. The number of nitrogens with one attached hydrogen (secondary N) is 1. The molecule has 0 aromatic carbocycles. The summed E-state index contributed by atoms with van der Waals surface area (Å²) in [5.41, 5.74) is 6.61. The van der Waals surface area contributed by atoms with E-state index in [-0.39, 0.29) is 44.0 Å². The van der Waals surface area contributed by atoms with Crippen LogP contribution in [0.2, 0.25) is 20.5 Å². The molecule has 19 nitrogen and oxygen atoms in total. The molecule has 0 amide bonds. The summed E-state index contributed by atoms with van der Waals surface area (Å²) in [6.45, 7) is 4.25. The van der Waals surface area contributed by atoms with Gasteiger partial charge in [0.15, 0.2) is 22.6 Å². The summed E-state index contributed by atoms with van der Waals surface area (Å²) in [4.78, 5) is 54.9. The predicted molar refractivity (Wildman–Crippen MR) is 247 cm³/mol. The van der Waals surface area contributed by atoms with Crippen LogP contribution in [-0.4, -0.2) is 92.0 Å². The van der Waals surface area contributed by atoms with E-state index in [0.717, 1.165) is 29.6 Å². The van der Waals surface area contributed by atoms with Crippen molar-refractivity contribution in [2.45, 2.75) is 20.3 Å². The van der Waals surface area contributed by atoms with Gasteiger partial charge in [-0.1, -0.05) is 55.1 Å². The Hall–Kier alpha value is -5.69. The average Bonchev–Trinajstić information content (AvgIpc) is 3.22. The van der Waals surface area contributed by atoms with E-state index in [0.29, 0.717) is 27.4 Å². The SMILES string of the molecule is CCC.CN(C)c1ncccc1N.CN(C)c1ncccc1Nc1ncncc1Cl.CN(C)c1ncccc1[N+](=O)[O-].Clc1ncc(Cl)c(Cl)n1.O=[N+]([O-])c1cccnc1F.[CH3-].[Pd]. The van der Waals surface area contributed by atoms with Gasteiger partial charge in [-0.25, -0.2) is 39.9 Å². The third kappa shape index (κ3) is 22.3. The number of hydrogen-bond acceptors (Lipinski definition) is 17. The summed E-state index contributed by atoms with van der Waals surface area (Å²) >= 11 is 22.2. The number of aromatic nitrogens is 8. The van der Waals surface area contributed by atoms with Crippen LogP contribution >= 0.6 is 46.4 Å². The topological polar surface area (TPSA) is 237 Å². The zero-order valence-corrected chi connectivity index (χ0v) is 40.2. The number of nitrogen functional groups attached to an aromatic ring is 1. The summed E-state index contributed by atoms with van der Waals surface area (Å²) in [5, 5.41) is 24.6. The van der Waals surface area contributed by atoms with E-state index in [2.05, 4.69) is 59.0 Å². The van der Waals surface area contributed by atoms with E-state index < -0.39 is 21.5 Å². The van der Waals surface area contributed by atoms with Crippen molar-refractivity contribution in [1.29, 1.82) is 0 Å². The van der Waals surface area contributed by atoms with E-state index in [1.165, 1.54) is 37.3 Å². The minimum absolute atomic E-state index is 0. The fourth-order valence-electron chi connectivity index (χ4n) is 3.88. The first kappa shape index (κ1) is 59.4. The number of rotatable bonds is 7. The molecule has 0 bridgehead atoms. The smallest absolute Gasteiger partial charge is 0.323 e. The van der Waals surface area contributed by atoms with Crippen LogP contribution in [0.3, 0.4) is 0 Å². The zero-order chi connectivity index (χ0) is 46.1. The maximum Gasteiger partial charge on any atom is 0.323 e. The Balaban J connectivity index is 0. The van der Waals surface area contributed by atoms with Gasteiger partial charge in [0.25, 0.3) is 5.95 Å². The molecule has 0 atom stereocenters. The van der Waals surface area contributed by atoms with Crippen molar-refractivity contribution in [1.82, 2.24) is 39.9 Å². The van der Waals surface area contributed by atoms with Crippen LogP contribution in [0.15, 0.2) is 92.0 Å². The molecular formula is C38H47Cl4FN15O4Pd-. The standard InChI is InChI=1S/C11H12ClN5.C7H9N3O2.C7H11N3.C5H3FN2O2.C4HCl3N2.C3H8.CH3.Pd/c1-17(2)11-9(4-3-5-14-11)16-10-8(12)6-13-7-15-10;1-9(2)7-6(10(11)12)4-3-5-8-7;1-10(2)7-6(8)4-3-5-9-7;6-5-4(8(9)10)2-1-3-7-5;5-2-1-8-4(7)9-3(2)6;1-3-2;;/h3-7H,1-2H3,(H,13,15,16);3-5H,1-2H3;3-5H,8H2,1-2H3;1-3H;1H;3H2,1-2H3;1H3;/q;;;;;;-1;. The van der Waals surface area contributed by atoms with Crippen molar-refractivity contribution in [2.24, 2.45) is 0 Å². The van der Waals surface area contributed by atoms with Gasteiger partial charge in [-0.2, -0.15) is 4.39 Å². The second kappa shape index (κ2) is 32.1. The maximum absolute atomic E-state index is 12.3. The Morgan fingerprint density at radius 2 is 1.16 bits per heavy atom. The Morgan fingerprint density at radius 1 is 0.683 bits per heavy atom. The van der Waals surface area contributed by atoms with Crippen LogP contribution < -0.4 is 25.8 Å². The third-order valence-electron chi connectivity index (χ3n) is 6.37. The molecule has 0 fully saturated rings. The van der Waals surface area contributed by atoms with Crippen LogP contribution in [0.25, 0.3) is 0 Å². The molecule has 6 aromatic heterocycles. The van der Waals surface area contributed by atoms with Gasteiger partial charge in [-0.3, -0.25) is 20.2 Å². The molecule has 344 valence electrons. The number of pyridine rings is 4. The van der Waals surface area contributed by atoms with Crippen molar-refractivity contribution < 1.29 is 34.7 Å². The van der Waals surface area contributed by atoms with Crippen LogP contribution in [0.1, 0.15) is 20.3 Å². The molecule has 0 saturated heterocycles. The van der Waals surface area contributed by atoms with E-state index in [4.69, 9.17) is 52.1 Å². The Kier molecular flexibility index (Phi) is 30.2. The second-order valence-electron chi connectivity index (χ2n) is 12.0. The average molecular weight is 1050 g/mol. The number of halogens is 5. The van der Waals surface area contributed by atoms with E-state index >= 15 is 0 Å². The predicted octanol–water partition coefficient (Wildman–Crippen LogP) is 9.55. The molecule has 6 aromatic rings. The molecule has 0 aliphatic carbocycles. The molecule has 0 unspecified atom stereocenters. The fourth-order valence-corrected chi connectivity index (χ4v) is 4.43. The first-order chi connectivity index (χ1) is 28.9. The zero-order valence-electron chi connectivity index (χ0n) is 35.6. The molecular weight excluding hydrogens is 998 g/mol. The van der Waals surface area contributed by atoms with Gasteiger partial charge >= 0.3 is 11.4 Å². The molecule has 3 N–H and O–H groups in total. The van der Waals surface area contributed by atoms with E-state index in [9.17, 15) is 24.6 Å². The molecule has 0 saturated carbocycles. The van der Waals surface area contributed by atoms with E-state index in [1.807, 2.05) is 62.3 Å². The summed E-state index contributed by atoms with van der Waals surface area (Å²) in [6, 6.07) is 12.8. The van der Waals surface area contributed by atoms with Crippen molar-refractivity contribution in [3.63, 3.8) is 0 Å². The number of hydrogen-bond donors (Lipinski definition) is 2. The second-order valence-corrected chi connectivity index (χ2v) is 13.5. The minimum Gasteiger partial charge on any atom is -0.396 e. The van der Waals surface area contributed by atoms with Crippen molar-refractivity contribution in [2.75, 3.05) is 68.0 Å². The molecule has 63 heavy (non-hydrogen) atoms. The van der Waals surface area contributed by atoms with Crippen LogP contribution in [0.5, 0.6) is 0 Å². The number of anilines is 6. The molecule has 25 heteroatoms. The molecule has 6 heterocycles.